The lowest BCUT2D eigenvalue weighted by molar-refractivity contribution is 0.465. The molecule has 4 nitrogen and oxygen atoms in total. The van der Waals surface area contributed by atoms with Crippen LogP contribution >= 0.6 is 0 Å². The second kappa shape index (κ2) is 5.19. The highest BCUT2D eigenvalue weighted by molar-refractivity contribution is 5.50. The number of rotatable bonds is 3. The van der Waals surface area contributed by atoms with E-state index >= 15 is 0 Å². The van der Waals surface area contributed by atoms with Crippen LogP contribution in [0.15, 0.2) is 36.5 Å². The average Bonchev–Trinajstić information content (AvgIpc) is 2.35. The molecular formula is C14H13N3O. The SMILES string of the molecule is Cc1cnc(Oc2ccc(CC#N)cc2)c(N)c1. The van der Waals surface area contributed by atoms with E-state index in [1.54, 1.807) is 18.3 Å². The molecule has 4 heteroatoms. The third kappa shape index (κ3) is 2.77. The molecule has 1 heterocycles. The van der Waals surface area contributed by atoms with Crippen LogP contribution in [0.5, 0.6) is 11.6 Å². The minimum absolute atomic E-state index is 0.394. The first-order chi connectivity index (χ1) is 8.69. The fraction of sp³-hybridized carbons (Fsp3) is 0.143. The maximum Gasteiger partial charge on any atom is 0.242 e. The summed E-state index contributed by atoms with van der Waals surface area (Å²) in [4.78, 5) is 4.13. The van der Waals surface area contributed by atoms with Crippen molar-refractivity contribution in [3.05, 3.63) is 47.7 Å². The number of aryl methyl sites for hydroxylation is 1. The molecule has 0 atom stereocenters. The molecule has 1 aromatic heterocycles. The Morgan fingerprint density at radius 1 is 1.33 bits per heavy atom. The Kier molecular flexibility index (Phi) is 3.44. The van der Waals surface area contributed by atoms with Crippen LogP contribution in [0, 0.1) is 18.3 Å². The van der Waals surface area contributed by atoms with Gasteiger partial charge in [-0.1, -0.05) is 12.1 Å². The number of nitrogen functional groups attached to an aromatic ring is 1. The lowest BCUT2D eigenvalue weighted by Gasteiger charge is -2.07. The zero-order valence-electron chi connectivity index (χ0n) is 10.1. The number of nitriles is 1. The minimum Gasteiger partial charge on any atom is -0.437 e. The molecule has 0 aliphatic carbocycles. The van der Waals surface area contributed by atoms with Gasteiger partial charge in [0.25, 0.3) is 0 Å². The molecule has 18 heavy (non-hydrogen) atoms. The van der Waals surface area contributed by atoms with Gasteiger partial charge in [-0.2, -0.15) is 5.26 Å². The Morgan fingerprint density at radius 3 is 2.67 bits per heavy atom. The molecule has 0 saturated heterocycles. The molecule has 2 rings (SSSR count). The van der Waals surface area contributed by atoms with Gasteiger partial charge in [-0.05, 0) is 36.2 Å². The molecule has 0 radical (unpaired) electrons. The topological polar surface area (TPSA) is 71.9 Å². The number of ether oxygens (including phenoxy) is 1. The van der Waals surface area contributed by atoms with Crippen LogP contribution in [0.25, 0.3) is 0 Å². The highest BCUT2D eigenvalue weighted by Gasteiger charge is 2.04. The Balaban J connectivity index is 2.16. The van der Waals surface area contributed by atoms with E-state index in [9.17, 15) is 0 Å². The number of pyridine rings is 1. The van der Waals surface area contributed by atoms with E-state index < -0.39 is 0 Å². The Morgan fingerprint density at radius 2 is 2.06 bits per heavy atom. The summed E-state index contributed by atoms with van der Waals surface area (Å²) in [6.45, 7) is 1.92. The molecule has 0 amide bonds. The van der Waals surface area contributed by atoms with Crippen LogP contribution in [0.3, 0.4) is 0 Å². The number of benzene rings is 1. The van der Waals surface area contributed by atoms with Crippen molar-refractivity contribution in [2.75, 3.05) is 5.73 Å². The van der Waals surface area contributed by atoms with Crippen molar-refractivity contribution < 1.29 is 4.74 Å². The fourth-order valence-corrected chi connectivity index (χ4v) is 1.54. The van der Waals surface area contributed by atoms with Crippen molar-refractivity contribution in [1.29, 1.82) is 5.26 Å². The summed E-state index contributed by atoms with van der Waals surface area (Å²) in [6, 6.07) is 11.2. The van der Waals surface area contributed by atoms with E-state index in [4.69, 9.17) is 15.7 Å². The van der Waals surface area contributed by atoms with E-state index in [0.29, 0.717) is 23.7 Å². The molecule has 0 aliphatic rings. The largest absolute Gasteiger partial charge is 0.437 e. The molecule has 90 valence electrons. The molecule has 2 N–H and O–H groups in total. The van der Waals surface area contributed by atoms with Gasteiger partial charge in [0, 0.05) is 6.20 Å². The molecule has 0 saturated carbocycles. The summed E-state index contributed by atoms with van der Waals surface area (Å²) < 4.78 is 5.58. The Bertz CT molecular complexity index is 585. The van der Waals surface area contributed by atoms with Gasteiger partial charge in [-0.15, -0.1) is 0 Å². The molecule has 0 unspecified atom stereocenters. The van der Waals surface area contributed by atoms with Crippen LogP contribution < -0.4 is 10.5 Å². The van der Waals surface area contributed by atoms with Gasteiger partial charge in [0.15, 0.2) is 0 Å². The molecule has 0 fully saturated rings. The van der Waals surface area contributed by atoms with Gasteiger partial charge >= 0.3 is 0 Å². The summed E-state index contributed by atoms with van der Waals surface area (Å²) in [5.74, 6) is 1.05. The summed E-state index contributed by atoms with van der Waals surface area (Å²) in [6.07, 6.45) is 2.10. The molecule has 0 bridgehead atoms. The van der Waals surface area contributed by atoms with E-state index in [1.165, 1.54) is 0 Å². The van der Waals surface area contributed by atoms with E-state index in [1.807, 2.05) is 25.1 Å². The quantitative estimate of drug-likeness (QED) is 0.893. The number of aromatic nitrogens is 1. The van der Waals surface area contributed by atoms with Crippen molar-refractivity contribution in [1.82, 2.24) is 4.98 Å². The van der Waals surface area contributed by atoms with Gasteiger partial charge in [-0.3, -0.25) is 0 Å². The maximum absolute atomic E-state index is 8.58. The number of nitrogens with two attached hydrogens (primary N) is 1. The standard InChI is InChI=1S/C14H13N3O/c1-10-8-13(16)14(17-9-10)18-12-4-2-11(3-5-12)6-7-15/h2-5,8-9H,6,16H2,1H3. The summed E-state index contributed by atoms with van der Waals surface area (Å²) in [5.41, 5.74) is 8.27. The Hall–Kier alpha value is -2.54. The van der Waals surface area contributed by atoms with Gasteiger partial charge in [-0.25, -0.2) is 4.98 Å². The average molecular weight is 239 g/mol. The number of nitrogens with zero attached hydrogens (tertiary/aromatic N) is 2. The number of hydrogen-bond donors (Lipinski definition) is 1. The van der Waals surface area contributed by atoms with Crippen LogP contribution in [0.4, 0.5) is 5.69 Å². The van der Waals surface area contributed by atoms with Crippen LogP contribution in [-0.4, -0.2) is 4.98 Å². The molecule has 2 aromatic rings. The monoisotopic (exact) mass is 239 g/mol. The molecule has 1 aromatic carbocycles. The minimum atomic E-state index is 0.394. The van der Waals surface area contributed by atoms with Crippen molar-refractivity contribution >= 4 is 5.69 Å². The lowest BCUT2D eigenvalue weighted by Crippen LogP contribution is -1.95. The third-order valence-electron chi connectivity index (χ3n) is 2.44. The number of hydrogen-bond acceptors (Lipinski definition) is 4. The predicted molar refractivity (Wildman–Crippen MR) is 69.2 cm³/mol. The first kappa shape index (κ1) is 11.9. The van der Waals surface area contributed by atoms with Crippen LogP contribution in [0.2, 0.25) is 0 Å². The fourth-order valence-electron chi connectivity index (χ4n) is 1.54. The summed E-state index contributed by atoms with van der Waals surface area (Å²) in [5, 5.41) is 8.58. The first-order valence-corrected chi connectivity index (χ1v) is 5.55. The molecule has 0 aliphatic heterocycles. The number of anilines is 1. The van der Waals surface area contributed by atoms with Crippen molar-refractivity contribution in [2.45, 2.75) is 13.3 Å². The first-order valence-electron chi connectivity index (χ1n) is 5.55. The summed E-state index contributed by atoms with van der Waals surface area (Å²) >= 11 is 0. The molecule has 0 spiro atoms. The Labute approximate surface area is 106 Å². The van der Waals surface area contributed by atoms with Gasteiger partial charge in [0.1, 0.15) is 5.75 Å². The highest BCUT2D eigenvalue weighted by Crippen LogP contribution is 2.25. The van der Waals surface area contributed by atoms with Gasteiger partial charge < -0.3 is 10.5 Å². The smallest absolute Gasteiger partial charge is 0.242 e. The second-order valence-electron chi connectivity index (χ2n) is 3.99. The third-order valence-corrected chi connectivity index (χ3v) is 2.44. The highest BCUT2D eigenvalue weighted by atomic mass is 16.5. The van der Waals surface area contributed by atoms with Crippen molar-refractivity contribution in [2.24, 2.45) is 0 Å². The van der Waals surface area contributed by atoms with Gasteiger partial charge in [0.05, 0.1) is 18.2 Å². The zero-order valence-corrected chi connectivity index (χ0v) is 10.1. The van der Waals surface area contributed by atoms with Gasteiger partial charge in [0.2, 0.25) is 5.88 Å². The predicted octanol–water partition coefficient (Wildman–Crippen LogP) is 2.83. The van der Waals surface area contributed by atoms with Crippen LogP contribution in [-0.2, 0) is 6.42 Å². The van der Waals surface area contributed by atoms with Crippen LogP contribution in [0.1, 0.15) is 11.1 Å². The zero-order chi connectivity index (χ0) is 13.0. The van der Waals surface area contributed by atoms with E-state index in [0.717, 1.165) is 11.1 Å². The van der Waals surface area contributed by atoms with Crippen molar-refractivity contribution in [3.63, 3.8) is 0 Å². The lowest BCUT2D eigenvalue weighted by atomic mass is 10.2. The van der Waals surface area contributed by atoms with Crippen molar-refractivity contribution in [3.8, 4) is 17.7 Å². The maximum atomic E-state index is 8.58. The summed E-state index contributed by atoms with van der Waals surface area (Å²) in [7, 11) is 0. The second-order valence-corrected chi connectivity index (χ2v) is 3.99. The molecular weight excluding hydrogens is 226 g/mol. The van der Waals surface area contributed by atoms with E-state index in [2.05, 4.69) is 11.1 Å². The van der Waals surface area contributed by atoms with E-state index in [-0.39, 0.29) is 0 Å². The normalized spacial score (nSPS) is 9.78.